The molecule has 1 aromatic heterocycles. The van der Waals surface area contributed by atoms with Crippen LogP contribution in [0, 0.1) is 0 Å². The Bertz CT molecular complexity index is 417. The van der Waals surface area contributed by atoms with Gasteiger partial charge in [0.1, 0.15) is 6.54 Å². The Morgan fingerprint density at radius 3 is 2.57 bits per heavy atom. The van der Waals surface area contributed by atoms with E-state index in [-0.39, 0.29) is 12.2 Å². The van der Waals surface area contributed by atoms with E-state index in [0.29, 0.717) is 0 Å². The number of hydrogen-bond donors (Lipinski definition) is 2. The lowest BCUT2D eigenvalue weighted by atomic mass is 10.6. The van der Waals surface area contributed by atoms with Crippen LogP contribution < -0.4 is 16.7 Å². The predicted octanol–water partition coefficient (Wildman–Crippen LogP) is -1.62. The molecule has 7 heteroatoms. The highest BCUT2D eigenvalue weighted by atomic mass is 16.2. The third kappa shape index (κ3) is 2.22. The van der Waals surface area contributed by atoms with Crippen LogP contribution in [0.15, 0.2) is 17.2 Å². The van der Waals surface area contributed by atoms with Crippen LogP contribution in [0.2, 0.25) is 0 Å². The van der Waals surface area contributed by atoms with Crippen molar-refractivity contribution in [2.24, 2.45) is 12.8 Å². The van der Waals surface area contributed by atoms with Crippen molar-refractivity contribution in [1.82, 2.24) is 14.5 Å². The average molecular weight is 198 g/mol. The number of imide groups is 1. The van der Waals surface area contributed by atoms with E-state index in [0.717, 1.165) is 4.57 Å². The number of nitrogens with zero attached hydrogens (tertiary/aromatic N) is 2. The van der Waals surface area contributed by atoms with Crippen LogP contribution in [0.3, 0.4) is 0 Å². The van der Waals surface area contributed by atoms with Crippen molar-refractivity contribution < 1.29 is 9.59 Å². The summed E-state index contributed by atoms with van der Waals surface area (Å²) >= 11 is 0. The Kier molecular flexibility index (Phi) is 2.70. The highest BCUT2D eigenvalue weighted by Gasteiger charge is 2.07. The Balaban J connectivity index is 2.70. The summed E-state index contributed by atoms with van der Waals surface area (Å²) in [6.07, 6.45) is 2.96. The lowest BCUT2D eigenvalue weighted by Gasteiger charge is -2.00. The van der Waals surface area contributed by atoms with Gasteiger partial charge in [0.15, 0.2) is 0 Å². The fourth-order valence-electron chi connectivity index (χ4n) is 0.963. The standard InChI is InChI=1S/C7H10N4O3/c1-10-2-3-11(7(10)14)4-5(12)9-6(8)13/h2-3H,4H2,1H3,(H3,8,9,12,13). The van der Waals surface area contributed by atoms with Crippen molar-refractivity contribution in [1.29, 1.82) is 0 Å². The second-order valence-electron chi connectivity index (χ2n) is 2.73. The van der Waals surface area contributed by atoms with Crippen molar-refractivity contribution in [3.63, 3.8) is 0 Å². The summed E-state index contributed by atoms with van der Waals surface area (Å²) in [5, 5.41) is 1.86. The zero-order valence-corrected chi connectivity index (χ0v) is 7.56. The van der Waals surface area contributed by atoms with Gasteiger partial charge in [-0.1, -0.05) is 0 Å². The molecule has 0 aliphatic heterocycles. The van der Waals surface area contributed by atoms with Crippen LogP contribution >= 0.6 is 0 Å². The largest absolute Gasteiger partial charge is 0.351 e. The van der Waals surface area contributed by atoms with Gasteiger partial charge in [-0.25, -0.2) is 9.59 Å². The molecular formula is C7H10N4O3. The van der Waals surface area contributed by atoms with Crippen molar-refractivity contribution in [3.8, 4) is 0 Å². The molecule has 0 fully saturated rings. The summed E-state index contributed by atoms with van der Waals surface area (Å²) in [4.78, 5) is 32.5. The number of primary amides is 1. The number of aryl methyl sites for hydroxylation is 1. The van der Waals surface area contributed by atoms with Gasteiger partial charge in [0, 0.05) is 19.4 Å². The normalized spacial score (nSPS) is 9.79. The molecule has 0 bridgehead atoms. The minimum atomic E-state index is -0.931. The van der Waals surface area contributed by atoms with E-state index in [1.807, 2.05) is 5.32 Å². The van der Waals surface area contributed by atoms with E-state index in [4.69, 9.17) is 5.73 Å². The maximum Gasteiger partial charge on any atom is 0.328 e. The summed E-state index contributed by atoms with van der Waals surface area (Å²) in [5.41, 5.74) is 4.40. The molecule has 76 valence electrons. The maximum atomic E-state index is 11.2. The van der Waals surface area contributed by atoms with Gasteiger partial charge in [0.05, 0.1) is 0 Å². The fraction of sp³-hybridized carbons (Fsp3) is 0.286. The number of imidazole rings is 1. The first-order chi connectivity index (χ1) is 6.50. The zero-order valence-electron chi connectivity index (χ0n) is 7.56. The van der Waals surface area contributed by atoms with Gasteiger partial charge in [-0.3, -0.25) is 14.7 Å². The molecule has 0 saturated heterocycles. The summed E-state index contributed by atoms with van der Waals surface area (Å²) in [5.74, 6) is -0.620. The molecule has 0 saturated carbocycles. The summed E-state index contributed by atoms with van der Waals surface area (Å²) in [6, 6.07) is -0.931. The highest BCUT2D eigenvalue weighted by Crippen LogP contribution is 1.82. The van der Waals surface area contributed by atoms with Gasteiger partial charge in [-0.05, 0) is 0 Å². The number of urea groups is 1. The van der Waals surface area contributed by atoms with E-state index in [9.17, 15) is 14.4 Å². The van der Waals surface area contributed by atoms with E-state index >= 15 is 0 Å². The average Bonchev–Trinajstić information content (AvgIpc) is 2.34. The molecule has 7 nitrogen and oxygen atoms in total. The van der Waals surface area contributed by atoms with Gasteiger partial charge in [-0.15, -0.1) is 0 Å². The number of nitrogens with two attached hydrogens (primary N) is 1. The number of hydrogen-bond acceptors (Lipinski definition) is 3. The van der Waals surface area contributed by atoms with Crippen molar-refractivity contribution in [2.75, 3.05) is 0 Å². The molecule has 0 spiro atoms. The molecule has 0 aliphatic carbocycles. The van der Waals surface area contributed by atoms with Gasteiger partial charge in [0.2, 0.25) is 5.91 Å². The van der Waals surface area contributed by atoms with Gasteiger partial charge in [0.25, 0.3) is 0 Å². The van der Waals surface area contributed by atoms with Crippen LogP contribution in [0.1, 0.15) is 0 Å². The summed E-state index contributed by atoms with van der Waals surface area (Å²) < 4.78 is 2.48. The predicted molar refractivity (Wildman–Crippen MR) is 47.4 cm³/mol. The Morgan fingerprint density at radius 1 is 1.50 bits per heavy atom. The van der Waals surface area contributed by atoms with Crippen LogP contribution in [0.25, 0.3) is 0 Å². The zero-order chi connectivity index (χ0) is 10.7. The van der Waals surface area contributed by atoms with Gasteiger partial charge < -0.3 is 10.3 Å². The van der Waals surface area contributed by atoms with Crippen LogP contribution in [0.5, 0.6) is 0 Å². The van der Waals surface area contributed by atoms with Crippen molar-refractivity contribution >= 4 is 11.9 Å². The molecule has 0 unspecified atom stereocenters. The molecule has 1 heterocycles. The molecule has 0 radical (unpaired) electrons. The molecule has 3 N–H and O–H groups in total. The SMILES string of the molecule is Cn1ccn(CC(=O)NC(N)=O)c1=O. The Morgan fingerprint density at radius 2 is 2.14 bits per heavy atom. The number of nitrogens with one attached hydrogen (secondary N) is 1. The van der Waals surface area contributed by atoms with E-state index in [2.05, 4.69) is 0 Å². The smallest absolute Gasteiger partial charge is 0.328 e. The summed E-state index contributed by atoms with van der Waals surface area (Å²) in [7, 11) is 1.56. The lowest BCUT2D eigenvalue weighted by Crippen LogP contribution is -2.39. The van der Waals surface area contributed by atoms with E-state index < -0.39 is 11.9 Å². The minimum Gasteiger partial charge on any atom is -0.351 e. The molecule has 0 aromatic carbocycles. The number of carbonyl (C=O) groups excluding carboxylic acids is 2. The van der Waals surface area contributed by atoms with Crippen molar-refractivity contribution in [2.45, 2.75) is 6.54 Å². The molecule has 14 heavy (non-hydrogen) atoms. The molecule has 1 aromatic rings. The number of aromatic nitrogens is 2. The van der Waals surface area contributed by atoms with Crippen LogP contribution in [-0.2, 0) is 18.4 Å². The minimum absolute atomic E-state index is 0.220. The maximum absolute atomic E-state index is 11.2. The molecule has 3 amide bonds. The first-order valence-corrected chi connectivity index (χ1v) is 3.81. The number of rotatable bonds is 2. The molecular weight excluding hydrogens is 188 g/mol. The quantitative estimate of drug-likeness (QED) is 0.597. The topological polar surface area (TPSA) is 99.1 Å². The molecule has 1 rings (SSSR count). The van der Waals surface area contributed by atoms with Crippen LogP contribution in [0.4, 0.5) is 4.79 Å². The fourth-order valence-corrected chi connectivity index (χ4v) is 0.963. The van der Waals surface area contributed by atoms with Gasteiger partial charge in [-0.2, -0.15) is 0 Å². The Labute approximate surface area is 79.1 Å². The monoisotopic (exact) mass is 198 g/mol. The highest BCUT2D eigenvalue weighted by molar-refractivity contribution is 5.93. The third-order valence-corrected chi connectivity index (χ3v) is 1.59. The second-order valence-corrected chi connectivity index (χ2v) is 2.73. The van der Waals surface area contributed by atoms with Crippen molar-refractivity contribution in [3.05, 3.63) is 22.9 Å². The second kappa shape index (κ2) is 3.77. The van der Waals surface area contributed by atoms with E-state index in [1.165, 1.54) is 17.0 Å². The van der Waals surface area contributed by atoms with E-state index in [1.54, 1.807) is 7.05 Å². The number of amides is 3. The Hall–Kier alpha value is -2.05. The molecule has 0 atom stereocenters. The first-order valence-electron chi connectivity index (χ1n) is 3.81. The summed E-state index contributed by atoms with van der Waals surface area (Å²) in [6.45, 7) is -0.220. The van der Waals surface area contributed by atoms with Gasteiger partial charge >= 0.3 is 11.7 Å². The first kappa shape index (κ1) is 10.0. The molecule has 0 aliphatic rings. The lowest BCUT2D eigenvalue weighted by molar-refractivity contribution is -0.120. The van der Waals surface area contributed by atoms with Crippen LogP contribution in [-0.4, -0.2) is 21.1 Å². The number of carbonyl (C=O) groups is 2. The third-order valence-electron chi connectivity index (χ3n) is 1.59.